The average Bonchev–Trinajstić information content (AvgIpc) is 3.42. The van der Waals surface area contributed by atoms with Gasteiger partial charge in [-0.1, -0.05) is 36.4 Å². The first-order valence-corrected chi connectivity index (χ1v) is 10.7. The number of rotatable bonds is 5. The molecule has 0 radical (unpaired) electrons. The van der Waals surface area contributed by atoms with Gasteiger partial charge in [-0.15, -0.1) is 0 Å². The van der Waals surface area contributed by atoms with Crippen LogP contribution in [0.1, 0.15) is 18.4 Å². The van der Waals surface area contributed by atoms with E-state index in [9.17, 15) is 14.0 Å². The number of nitrogens with zero attached hydrogens (tertiary/aromatic N) is 2. The Morgan fingerprint density at radius 2 is 1.47 bits per heavy atom. The highest BCUT2D eigenvalue weighted by atomic mass is 19.1. The molecule has 0 unspecified atom stereocenters. The summed E-state index contributed by atoms with van der Waals surface area (Å²) in [5.41, 5.74) is 3.12. The van der Waals surface area contributed by atoms with E-state index in [4.69, 9.17) is 0 Å². The van der Waals surface area contributed by atoms with Crippen molar-refractivity contribution in [1.82, 2.24) is 0 Å². The van der Waals surface area contributed by atoms with E-state index in [0.29, 0.717) is 11.3 Å². The topological polar surface area (TPSA) is 52.7 Å². The first-order chi connectivity index (χ1) is 15.6. The summed E-state index contributed by atoms with van der Waals surface area (Å²) in [6.45, 7) is 2.09. The van der Waals surface area contributed by atoms with E-state index in [1.54, 1.807) is 18.2 Å². The van der Waals surface area contributed by atoms with Crippen LogP contribution < -0.4 is 15.1 Å². The number of imide groups is 1. The molecule has 3 aromatic carbocycles. The van der Waals surface area contributed by atoms with Gasteiger partial charge in [0.25, 0.3) is 11.8 Å². The van der Waals surface area contributed by atoms with Gasteiger partial charge in [-0.05, 0) is 60.9 Å². The highest BCUT2D eigenvalue weighted by Crippen LogP contribution is 2.34. The predicted octanol–water partition coefficient (Wildman–Crippen LogP) is 4.82. The second-order valence-corrected chi connectivity index (χ2v) is 7.91. The zero-order valence-electron chi connectivity index (χ0n) is 17.4. The SMILES string of the molecule is O=C1C(Nc2ccc(N3CCCC3)cc2)=C(c2ccccc2)C(=O)N1c1cccc(F)c1. The fourth-order valence-electron chi connectivity index (χ4n) is 4.24. The number of nitrogens with one attached hydrogen (secondary N) is 1. The number of benzene rings is 3. The molecule has 6 heteroatoms. The van der Waals surface area contributed by atoms with Crippen molar-refractivity contribution in [1.29, 1.82) is 0 Å². The second kappa shape index (κ2) is 8.30. The van der Waals surface area contributed by atoms with Crippen LogP contribution in [-0.2, 0) is 9.59 Å². The average molecular weight is 427 g/mol. The molecule has 0 bridgehead atoms. The number of halogens is 1. The van der Waals surface area contributed by atoms with Crippen LogP contribution in [0.4, 0.5) is 21.5 Å². The molecule has 1 fully saturated rings. The summed E-state index contributed by atoms with van der Waals surface area (Å²) in [6.07, 6.45) is 2.39. The van der Waals surface area contributed by atoms with E-state index in [-0.39, 0.29) is 17.0 Å². The monoisotopic (exact) mass is 427 g/mol. The summed E-state index contributed by atoms with van der Waals surface area (Å²) in [5.74, 6) is -1.51. The first-order valence-electron chi connectivity index (χ1n) is 10.7. The molecule has 0 aromatic heterocycles. The highest BCUT2D eigenvalue weighted by Gasteiger charge is 2.40. The summed E-state index contributed by atoms with van der Waals surface area (Å²) in [5, 5.41) is 3.16. The Balaban J connectivity index is 1.51. The Hall–Kier alpha value is -3.93. The van der Waals surface area contributed by atoms with Gasteiger partial charge >= 0.3 is 0 Å². The quantitative estimate of drug-likeness (QED) is 0.593. The van der Waals surface area contributed by atoms with Crippen LogP contribution in [-0.4, -0.2) is 24.9 Å². The standard InChI is InChI=1S/C26H22FN3O2/c27-19-9-6-10-22(17-19)30-25(31)23(18-7-2-1-3-8-18)24(26(30)32)28-20-11-13-21(14-12-20)29-15-4-5-16-29/h1-3,6-14,17,28H,4-5,15-16H2. The van der Waals surface area contributed by atoms with Crippen LogP contribution in [0, 0.1) is 5.82 Å². The molecule has 0 saturated carbocycles. The summed E-state index contributed by atoms with van der Waals surface area (Å²) in [7, 11) is 0. The molecule has 0 spiro atoms. The van der Waals surface area contributed by atoms with E-state index in [1.165, 1.54) is 31.0 Å². The van der Waals surface area contributed by atoms with Gasteiger partial charge in [0.15, 0.2) is 0 Å². The Labute approximate surface area is 185 Å². The largest absolute Gasteiger partial charge is 0.372 e. The summed E-state index contributed by atoms with van der Waals surface area (Å²) in [4.78, 5) is 30.0. The van der Waals surface area contributed by atoms with Crippen LogP contribution in [0.5, 0.6) is 0 Å². The number of amides is 2. The van der Waals surface area contributed by atoms with Gasteiger partial charge in [-0.25, -0.2) is 9.29 Å². The minimum Gasteiger partial charge on any atom is -0.372 e. The third-order valence-corrected chi connectivity index (χ3v) is 5.82. The predicted molar refractivity (Wildman–Crippen MR) is 124 cm³/mol. The van der Waals surface area contributed by atoms with Crippen LogP contribution >= 0.6 is 0 Å². The number of anilines is 3. The van der Waals surface area contributed by atoms with Crippen LogP contribution in [0.2, 0.25) is 0 Å². The molecule has 1 saturated heterocycles. The maximum absolute atomic E-state index is 13.8. The number of hydrogen-bond acceptors (Lipinski definition) is 4. The molecule has 3 aromatic rings. The number of carbonyl (C=O) groups is 2. The van der Waals surface area contributed by atoms with E-state index >= 15 is 0 Å². The Bertz CT molecular complexity index is 1200. The third-order valence-electron chi connectivity index (χ3n) is 5.82. The van der Waals surface area contributed by atoms with Crippen molar-refractivity contribution in [2.45, 2.75) is 12.8 Å². The summed E-state index contributed by atoms with van der Waals surface area (Å²) in [6, 6.07) is 22.4. The smallest absolute Gasteiger partial charge is 0.282 e. The summed E-state index contributed by atoms with van der Waals surface area (Å²) >= 11 is 0. The molecule has 2 aliphatic heterocycles. The van der Waals surface area contributed by atoms with E-state index in [2.05, 4.69) is 10.2 Å². The van der Waals surface area contributed by atoms with Gasteiger partial charge in [-0.2, -0.15) is 0 Å². The lowest BCUT2D eigenvalue weighted by atomic mass is 10.0. The van der Waals surface area contributed by atoms with Crippen LogP contribution in [0.3, 0.4) is 0 Å². The molecule has 2 amide bonds. The molecule has 0 aliphatic carbocycles. The molecule has 5 nitrogen and oxygen atoms in total. The van der Waals surface area contributed by atoms with E-state index in [1.807, 2.05) is 42.5 Å². The van der Waals surface area contributed by atoms with E-state index < -0.39 is 17.6 Å². The van der Waals surface area contributed by atoms with E-state index in [0.717, 1.165) is 23.7 Å². The molecule has 5 rings (SSSR count). The van der Waals surface area contributed by atoms with Gasteiger partial charge in [0, 0.05) is 24.5 Å². The lowest BCUT2D eigenvalue weighted by Crippen LogP contribution is -2.32. The van der Waals surface area contributed by atoms with Crippen molar-refractivity contribution in [2.75, 3.05) is 28.2 Å². The van der Waals surface area contributed by atoms with Gasteiger partial charge in [0.1, 0.15) is 11.5 Å². The van der Waals surface area contributed by atoms with Crippen molar-refractivity contribution in [3.05, 3.63) is 95.9 Å². The van der Waals surface area contributed by atoms with Gasteiger partial charge < -0.3 is 10.2 Å². The zero-order valence-corrected chi connectivity index (χ0v) is 17.4. The molecule has 1 N–H and O–H groups in total. The maximum Gasteiger partial charge on any atom is 0.282 e. The second-order valence-electron chi connectivity index (χ2n) is 7.91. The third kappa shape index (κ3) is 3.64. The minimum absolute atomic E-state index is 0.180. The Kier molecular flexibility index (Phi) is 5.19. The van der Waals surface area contributed by atoms with Crippen molar-refractivity contribution >= 4 is 34.4 Å². The fraction of sp³-hybridized carbons (Fsp3) is 0.154. The van der Waals surface area contributed by atoms with Crippen LogP contribution in [0.25, 0.3) is 5.57 Å². The van der Waals surface area contributed by atoms with Crippen molar-refractivity contribution in [2.24, 2.45) is 0 Å². The molecule has 2 heterocycles. The van der Waals surface area contributed by atoms with Gasteiger partial charge in [-0.3, -0.25) is 9.59 Å². The molecular weight excluding hydrogens is 405 g/mol. The number of hydrogen-bond donors (Lipinski definition) is 1. The number of carbonyl (C=O) groups excluding carboxylic acids is 2. The maximum atomic E-state index is 13.8. The van der Waals surface area contributed by atoms with Gasteiger partial charge in [0.2, 0.25) is 0 Å². The molecule has 160 valence electrons. The van der Waals surface area contributed by atoms with Crippen molar-refractivity contribution < 1.29 is 14.0 Å². The van der Waals surface area contributed by atoms with Crippen LogP contribution in [0.15, 0.2) is 84.6 Å². The molecular formula is C26H22FN3O2. The van der Waals surface area contributed by atoms with Crippen molar-refractivity contribution in [3.8, 4) is 0 Å². The first kappa shape index (κ1) is 20.0. The lowest BCUT2D eigenvalue weighted by molar-refractivity contribution is -0.120. The molecule has 32 heavy (non-hydrogen) atoms. The van der Waals surface area contributed by atoms with Gasteiger partial charge in [0.05, 0.1) is 11.3 Å². The fourth-order valence-corrected chi connectivity index (χ4v) is 4.24. The molecule has 2 aliphatic rings. The molecule has 0 atom stereocenters. The minimum atomic E-state index is -0.511. The van der Waals surface area contributed by atoms with Crippen molar-refractivity contribution in [3.63, 3.8) is 0 Å². The zero-order chi connectivity index (χ0) is 22.1. The normalized spacial score (nSPS) is 16.3. The highest BCUT2D eigenvalue weighted by molar-refractivity contribution is 6.46. The lowest BCUT2D eigenvalue weighted by Gasteiger charge is -2.18. The Morgan fingerprint density at radius 1 is 0.750 bits per heavy atom. The summed E-state index contributed by atoms with van der Waals surface area (Å²) < 4.78 is 13.8. The Morgan fingerprint density at radius 3 is 2.16 bits per heavy atom.